The van der Waals surface area contributed by atoms with Gasteiger partial charge in [0.2, 0.25) is 0 Å². The molecule has 1 amide bonds. The number of hydrogen-bond donors (Lipinski definition) is 2. The molecule has 0 aromatic rings. The molecule has 174 valence electrons. The van der Waals surface area contributed by atoms with Gasteiger partial charge in [0.05, 0.1) is 7.11 Å². The summed E-state index contributed by atoms with van der Waals surface area (Å²) in [7, 11) is 1.35. The van der Waals surface area contributed by atoms with E-state index in [9.17, 15) is 9.59 Å². The Morgan fingerprint density at radius 2 is 1.40 bits per heavy atom. The van der Waals surface area contributed by atoms with Crippen LogP contribution >= 0.6 is 0 Å². The molecule has 2 atom stereocenters. The van der Waals surface area contributed by atoms with Crippen LogP contribution in [0.25, 0.3) is 0 Å². The largest absolute Gasteiger partial charge is 0.508 e. The molecule has 0 heterocycles. The normalized spacial score (nSPS) is 29.4. The van der Waals surface area contributed by atoms with E-state index in [1.54, 1.807) is 0 Å². The average Bonchev–Trinajstić information content (AvgIpc) is 2.67. The standard InChI is InChI=1S/C23H42N2O5/c1-15(24)14-16(2)25-21(26)29-19-10-6-17(7-11-19)23(3,4)18-8-12-20(13-9-18)30-22(27)28-5/h15-20H,6-14,24H2,1-5H3,(H,25,26). The molecule has 7 heteroatoms. The van der Waals surface area contributed by atoms with Crippen molar-refractivity contribution >= 4 is 12.2 Å². The molecule has 0 spiro atoms. The van der Waals surface area contributed by atoms with E-state index in [0.717, 1.165) is 57.8 Å². The van der Waals surface area contributed by atoms with Crippen LogP contribution in [0.2, 0.25) is 0 Å². The molecule has 7 nitrogen and oxygen atoms in total. The second-order valence-corrected chi connectivity index (χ2v) is 10.0. The van der Waals surface area contributed by atoms with Gasteiger partial charge in [0.15, 0.2) is 0 Å². The summed E-state index contributed by atoms with van der Waals surface area (Å²) in [6.45, 7) is 8.65. The average molecular weight is 427 g/mol. The maximum Gasteiger partial charge on any atom is 0.508 e. The quantitative estimate of drug-likeness (QED) is 0.569. The molecule has 2 rings (SSSR count). The minimum Gasteiger partial charge on any atom is -0.446 e. The number of nitrogens with one attached hydrogen (secondary N) is 1. The van der Waals surface area contributed by atoms with Crippen molar-refractivity contribution in [2.45, 2.75) is 110 Å². The monoisotopic (exact) mass is 426 g/mol. The van der Waals surface area contributed by atoms with Crippen molar-refractivity contribution in [1.29, 1.82) is 0 Å². The van der Waals surface area contributed by atoms with Crippen molar-refractivity contribution in [3.8, 4) is 0 Å². The van der Waals surface area contributed by atoms with Gasteiger partial charge < -0.3 is 25.3 Å². The summed E-state index contributed by atoms with van der Waals surface area (Å²) < 4.78 is 15.6. The zero-order valence-corrected chi connectivity index (χ0v) is 19.4. The molecule has 0 aromatic heterocycles. The van der Waals surface area contributed by atoms with E-state index in [4.69, 9.17) is 15.2 Å². The molecule has 2 unspecified atom stereocenters. The Kier molecular flexibility index (Phi) is 9.26. The first kappa shape index (κ1) is 24.8. The highest BCUT2D eigenvalue weighted by Crippen LogP contribution is 2.48. The third-order valence-electron chi connectivity index (χ3n) is 7.25. The molecular formula is C23H42N2O5. The first-order chi connectivity index (χ1) is 14.1. The highest BCUT2D eigenvalue weighted by molar-refractivity contribution is 5.67. The highest BCUT2D eigenvalue weighted by Gasteiger charge is 2.41. The molecule has 30 heavy (non-hydrogen) atoms. The van der Waals surface area contributed by atoms with Gasteiger partial charge in [-0.2, -0.15) is 0 Å². The fourth-order valence-corrected chi connectivity index (χ4v) is 5.37. The number of rotatable bonds is 7. The van der Waals surface area contributed by atoms with E-state index in [1.165, 1.54) is 7.11 Å². The molecule has 0 aliphatic heterocycles. The first-order valence-electron chi connectivity index (χ1n) is 11.6. The number of ether oxygens (including phenoxy) is 3. The van der Waals surface area contributed by atoms with Crippen LogP contribution in [0.15, 0.2) is 0 Å². The Labute approximate surface area is 181 Å². The first-order valence-corrected chi connectivity index (χ1v) is 11.6. The summed E-state index contributed by atoms with van der Waals surface area (Å²) in [4.78, 5) is 23.5. The zero-order chi connectivity index (χ0) is 22.3. The predicted molar refractivity (Wildman–Crippen MR) is 116 cm³/mol. The molecule has 3 N–H and O–H groups in total. The lowest BCUT2D eigenvalue weighted by molar-refractivity contribution is -0.0187. The summed E-state index contributed by atoms with van der Waals surface area (Å²) >= 11 is 0. The summed E-state index contributed by atoms with van der Waals surface area (Å²) in [6.07, 6.45) is 7.79. The molecule has 0 saturated heterocycles. The Morgan fingerprint density at radius 3 is 1.83 bits per heavy atom. The summed E-state index contributed by atoms with van der Waals surface area (Å²) in [5.74, 6) is 1.25. The lowest BCUT2D eigenvalue weighted by atomic mass is 9.60. The van der Waals surface area contributed by atoms with Crippen LogP contribution < -0.4 is 11.1 Å². The van der Waals surface area contributed by atoms with Gasteiger partial charge in [-0.05, 0) is 88.9 Å². The van der Waals surface area contributed by atoms with Gasteiger partial charge in [-0.25, -0.2) is 9.59 Å². The van der Waals surface area contributed by atoms with Crippen molar-refractivity contribution < 1.29 is 23.8 Å². The van der Waals surface area contributed by atoms with Gasteiger partial charge in [0.25, 0.3) is 0 Å². The van der Waals surface area contributed by atoms with E-state index in [-0.39, 0.29) is 35.8 Å². The third kappa shape index (κ3) is 7.33. The molecule has 2 aliphatic rings. The molecule has 2 aliphatic carbocycles. The predicted octanol–water partition coefficient (Wildman–Crippen LogP) is 4.77. The minimum atomic E-state index is -0.577. The molecule has 0 radical (unpaired) electrons. The number of carbonyl (C=O) groups is 2. The van der Waals surface area contributed by atoms with E-state index >= 15 is 0 Å². The smallest absolute Gasteiger partial charge is 0.446 e. The maximum atomic E-state index is 12.1. The Morgan fingerprint density at radius 1 is 0.933 bits per heavy atom. The fraction of sp³-hybridized carbons (Fsp3) is 0.913. The number of carbonyl (C=O) groups excluding carboxylic acids is 2. The number of hydrogen-bond acceptors (Lipinski definition) is 6. The summed E-state index contributed by atoms with van der Waals surface area (Å²) in [6, 6.07) is 0.0751. The van der Waals surface area contributed by atoms with Crippen LogP contribution in [-0.4, -0.2) is 43.7 Å². The second-order valence-electron chi connectivity index (χ2n) is 10.0. The molecule has 2 fully saturated rings. The molecule has 0 aromatic carbocycles. The van der Waals surface area contributed by atoms with E-state index < -0.39 is 6.16 Å². The maximum absolute atomic E-state index is 12.1. The van der Waals surface area contributed by atoms with Crippen LogP contribution in [0.4, 0.5) is 9.59 Å². The van der Waals surface area contributed by atoms with Crippen molar-refractivity contribution in [3.63, 3.8) is 0 Å². The van der Waals surface area contributed by atoms with Crippen LogP contribution in [0.5, 0.6) is 0 Å². The van der Waals surface area contributed by atoms with Gasteiger partial charge >= 0.3 is 12.2 Å². The third-order valence-corrected chi connectivity index (χ3v) is 7.25. The van der Waals surface area contributed by atoms with Gasteiger partial charge in [-0.1, -0.05) is 13.8 Å². The van der Waals surface area contributed by atoms with Crippen molar-refractivity contribution in [2.75, 3.05) is 7.11 Å². The number of nitrogens with two attached hydrogens (primary N) is 1. The SMILES string of the molecule is COC(=O)OC1CCC(C(C)(C)C2CCC(OC(=O)NC(C)CC(C)N)CC2)CC1. The van der Waals surface area contributed by atoms with E-state index in [0.29, 0.717) is 11.8 Å². The number of alkyl carbamates (subject to hydrolysis) is 1. The lowest BCUT2D eigenvalue weighted by Crippen LogP contribution is -2.41. The van der Waals surface area contributed by atoms with Gasteiger partial charge in [0.1, 0.15) is 12.2 Å². The van der Waals surface area contributed by atoms with Crippen LogP contribution in [0.1, 0.15) is 85.5 Å². The highest BCUT2D eigenvalue weighted by atomic mass is 16.7. The van der Waals surface area contributed by atoms with Crippen LogP contribution in [0, 0.1) is 17.3 Å². The molecular weight excluding hydrogens is 384 g/mol. The lowest BCUT2D eigenvalue weighted by Gasteiger charge is -2.46. The molecule has 2 saturated carbocycles. The summed E-state index contributed by atoms with van der Waals surface area (Å²) in [5, 5.41) is 2.89. The summed E-state index contributed by atoms with van der Waals surface area (Å²) in [5.41, 5.74) is 6.02. The van der Waals surface area contributed by atoms with Crippen LogP contribution in [0.3, 0.4) is 0 Å². The minimum absolute atomic E-state index is 0.00347. The topological polar surface area (TPSA) is 99.9 Å². The van der Waals surface area contributed by atoms with Crippen molar-refractivity contribution in [1.82, 2.24) is 5.32 Å². The number of amides is 1. The van der Waals surface area contributed by atoms with E-state index in [1.807, 2.05) is 13.8 Å². The van der Waals surface area contributed by atoms with Gasteiger partial charge in [-0.3, -0.25) is 0 Å². The number of methoxy groups -OCH3 is 1. The second kappa shape index (κ2) is 11.2. The van der Waals surface area contributed by atoms with Crippen molar-refractivity contribution in [3.05, 3.63) is 0 Å². The van der Waals surface area contributed by atoms with Crippen molar-refractivity contribution in [2.24, 2.45) is 23.0 Å². The van der Waals surface area contributed by atoms with E-state index in [2.05, 4.69) is 23.9 Å². The Balaban J connectivity index is 1.74. The fourth-order valence-electron chi connectivity index (χ4n) is 5.37. The van der Waals surface area contributed by atoms with Crippen LogP contribution in [-0.2, 0) is 14.2 Å². The zero-order valence-electron chi connectivity index (χ0n) is 19.4. The van der Waals surface area contributed by atoms with Gasteiger partial charge in [0, 0.05) is 12.1 Å². The Hall–Kier alpha value is -1.50. The van der Waals surface area contributed by atoms with Gasteiger partial charge in [-0.15, -0.1) is 0 Å². The Bertz CT molecular complexity index is 550. The molecule has 0 bridgehead atoms.